The van der Waals surface area contributed by atoms with Crippen LogP contribution in [-0.2, 0) is 16.6 Å². The Labute approximate surface area is 138 Å². The van der Waals surface area contributed by atoms with Gasteiger partial charge in [-0.1, -0.05) is 6.07 Å². The van der Waals surface area contributed by atoms with Gasteiger partial charge in [-0.25, -0.2) is 8.42 Å². The Bertz CT molecular complexity index is 738. The zero-order valence-corrected chi connectivity index (χ0v) is 14.8. The van der Waals surface area contributed by atoms with Crippen LogP contribution < -0.4 is 10.5 Å². The fourth-order valence-electron chi connectivity index (χ4n) is 2.05. The third-order valence-electron chi connectivity index (χ3n) is 3.06. The van der Waals surface area contributed by atoms with Gasteiger partial charge in [-0.3, -0.25) is 4.72 Å². The predicted octanol–water partition coefficient (Wildman–Crippen LogP) is 2.93. The maximum Gasteiger partial charge on any atom is 0.263 e. The SMILES string of the molecule is CC(C)n1cc(S(=O)(=O)Nc2cccc(I)c2)cc1CN. The van der Waals surface area contributed by atoms with E-state index < -0.39 is 10.0 Å². The second-order valence-corrected chi connectivity index (χ2v) is 7.92. The molecule has 0 spiro atoms. The number of hydrogen-bond donors (Lipinski definition) is 2. The lowest BCUT2D eigenvalue weighted by Gasteiger charge is -2.10. The van der Waals surface area contributed by atoms with Crippen molar-refractivity contribution >= 4 is 38.3 Å². The smallest absolute Gasteiger partial charge is 0.263 e. The van der Waals surface area contributed by atoms with Gasteiger partial charge in [0.2, 0.25) is 0 Å². The first-order chi connectivity index (χ1) is 9.83. The van der Waals surface area contributed by atoms with Crippen molar-refractivity contribution in [2.45, 2.75) is 31.3 Å². The Hall–Kier alpha value is -1.06. The Kier molecular flexibility index (Phi) is 4.95. The molecule has 0 fully saturated rings. The van der Waals surface area contributed by atoms with Gasteiger partial charge in [0.25, 0.3) is 10.0 Å². The average Bonchev–Trinajstić information content (AvgIpc) is 2.83. The molecule has 0 bridgehead atoms. The zero-order chi connectivity index (χ0) is 15.6. The van der Waals surface area contributed by atoms with Crippen LogP contribution in [0.25, 0.3) is 0 Å². The molecule has 0 aliphatic heterocycles. The number of nitrogens with one attached hydrogen (secondary N) is 1. The van der Waals surface area contributed by atoms with Crippen molar-refractivity contribution in [2.75, 3.05) is 4.72 Å². The summed E-state index contributed by atoms with van der Waals surface area (Å²) in [5.74, 6) is 0. The van der Waals surface area contributed by atoms with E-state index in [-0.39, 0.29) is 10.9 Å². The molecule has 0 radical (unpaired) electrons. The number of nitrogens with two attached hydrogens (primary N) is 1. The Morgan fingerprint density at radius 2 is 2.05 bits per heavy atom. The van der Waals surface area contributed by atoms with Crippen LogP contribution in [0.3, 0.4) is 0 Å². The first kappa shape index (κ1) is 16.3. The summed E-state index contributed by atoms with van der Waals surface area (Å²) in [6.45, 7) is 4.28. The first-order valence-corrected chi connectivity index (χ1v) is 9.09. The lowest BCUT2D eigenvalue weighted by Crippen LogP contribution is -2.12. The highest BCUT2D eigenvalue weighted by Gasteiger charge is 2.19. The Morgan fingerprint density at radius 3 is 2.57 bits per heavy atom. The molecule has 2 rings (SSSR count). The van der Waals surface area contributed by atoms with E-state index in [4.69, 9.17) is 5.73 Å². The summed E-state index contributed by atoms with van der Waals surface area (Å²) in [7, 11) is -3.61. The minimum absolute atomic E-state index is 0.158. The van der Waals surface area contributed by atoms with E-state index >= 15 is 0 Å². The van der Waals surface area contributed by atoms with Crippen molar-refractivity contribution < 1.29 is 8.42 Å². The maximum atomic E-state index is 12.4. The number of anilines is 1. The molecule has 7 heteroatoms. The molecule has 21 heavy (non-hydrogen) atoms. The molecule has 1 aromatic carbocycles. The van der Waals surface area contributed by atoms with Crippen molar-refractivity contribution in [1.82, 2.24) is 4.57 Å². The zero-order valence-electron chi connectivity index (χ0n) is 11.9. The van der Waals surface area contributed by atoms with Crippen molar-refractivity contribution in [3.8, 4) is 0 Å². The molecule has 0 saturated heterocycles. The van der Waals surface area contributed by atoms with Gasteiger partial charge in [0.05, 0.1) is 0 Å². The number of sulfonamides is 1. The summed E-state index contributed by atoms with van der Waals surface area (Å²) in [5, 5.41) is 0. The monoisotopic (exact) mass is 419 g/mol. The van der Waals surface area contributed by atoms with Gasteiger partial charge < -0.3 is 10.3 Å². The molecule has 5 nitrogen and oxygen atoms in total. The third-order valence-corrected chi connectivity index (χ3v) is 5.08. The fourth-order valence-corrected chi connectivity index (χ4v) is 3.70. The van der Waals surface area contributed by atoms with Crippen molar-refractivity contribution in [1.29, 1.82) is 0 Å². The van der Waals surface area contributed by atoms with Gasteiger partial charge in [0.15, 0.2) is 0 Å². The summed E-state index contributed by atoms with van der Waals surface area (Å²) >= 11 is 2.14. The van der Waals surface area contributed by atoms with Gasteiger partial charge in [0, 0.05) is 33.7 Å². The van der Waals surface area contributed by atoms with Crippen LogP contribution in [0, 0.1) is 3.57 Å². The summed E-state index contributed by atoms with van der Waals surface area (Å²) in [6, 6.07) is 9.00. The number of rotatable bonds is 5. The molecule has 0 aliphatic carbocycles. The normalized spacial score (nSPS) is 11.9. The first-order valence-electron chi connectivity index (χ1n) is 6.52. The van der Waals surface area contributed by atoms with Crippen molar-refractivity contribution in [2.24, 2.45) is 5.73 Å². The lowest BCUT2D eigenvalue weighted by atomic mass is 10.3. The molecule has 0 aliphatic rings. The second kappa shape index (κ2) is 6.37. The number of benzene rings is 1. The Morgan fingerprint density at radius 1 is 1.33 bits per heavy atom. The summed E-state index contributed by atoms with van der Waals surface area (Å²) in [5.41, 5.74) is 7.03. The highest BCUT2D eigenvalue weighted by molar-refractivity contribution is 14.1. The van der Waals surface area contributed by atoms with Gasteiger partial charge in [-0.2, -0.15) is 0 Å². The predicted molar refractivity (Wildman–Crippen MR) is 92.7 cm³/mol. The molecule has 0 amide bonds. The second-order valence-electron chi connectivity index (χ2n) is 4.99. The van der Waals surface area contributed by atoms with Crippen LogP contribution in [0.5, 0.6) is 0 Å². The van der Waals surface area contributed by atoms with Crippen LogP contribution in [0.2, 0.25) is 0 Å². The molecular formula is C14H18IN3O2S. The molecule has 0 unspecified atom stereocenters. The van der Waals surface area contributed by atoms with Crippen LogP contribution in [0.1, 0.15) is 25.6 Å². The minimum atomic E-state index is -3.61. The molecule has 1 heterocycles. The fraction of sp³-hybridized carbons (Fsp3) is 0.286. The van der Waals surface area contributed by atoms with Gasteiger partial charge in [-0.15, -0.1) is 0 Å². The van der Waals surface area contributed by atoms with E-state index in [2.05, 4.69) is 27.3 Å². The van der Waals surface area contributed by atoms with E-state index in [0.29, 0.717) is 12.2 Å². The lowest BCUT2D eigenvalue weighted by molar-refractivity contribution is 0.573. The van der Waals surface area contributed by atoms with E-state index in [1.807, 2.05) is 30.5 Å². The quantitative estimate of drug-likeness (QED) is 0.732. The highest BCUT2D eigenvalue weighted by atomic mass is 127. The molecule has 3 N–H and O–H groups in total. The summed E-state index contributed by atoms with van der Waals surface area (Å²) in [6.07, 6.45) is 1.63. The standard InChI is InChI=1S/C14H18IN3O2S/c1-10(2)18-9-14(7-13(18)8-16)21(19,20)17-12-5-3-4-11(15)6-12/h3-7,9-10,17H,8,16H2,1-2H3. The summed E-state index contributed by atoms with van der Waals surface area (Å²) < 4.78 is 30.3. The van der Waals surface area contributed by atoms with E-state index in [1.165, 1.54) is 0 Å². The number of nitrogens with zero attached hydrogens (tertiary/aromatic N) is 1. The van der Waals surface area contributed by atoms with Gasteiger partial charge >= 0.3 is 0 Å². The molecular weight excluding hydrogens is 401 g/mol. The number of hydrogen-bond acceptors (Lipinski definition) is 3. The van der Waals surface area contributed by atoms with Gasteiger partial charge in [-0.05, 0) is 60.7 Å². The number of halogens is 1. The molecule has 2 aromatic rings. The van der Waals surface area contributed by atoms with Crippen molar-refractivity contribution in [3.63, 3.8) is 0 Å². The van der Waals surface area contributed by atoms with Crippen LogP contribution in [0.4, 0.5) is 5.69 Å². The van der Waals surface area contributed by atoms with Crippen LogP contribution in [-0.4, -0.2) is 13.0 Å². The van der Waals surface area contributed by atoms with Crippen LogP contribution in [0.15, 0.2) is 41.4 Å². The van der Waals surface area contributed by atoms with Gasteiger partial charge in [0.1, 0.15) is 4.90 Å². The molecule has 1 aromatic heterocycles. The molecule has 0 saturated carbocycles. The van der Waals surface area contributed by atoms with E-state index in [0.717, 1.165) is 9.26 Å². The highest BCUT2D eigenvalue weighted by Crippen LogP contribution is 2.22. The summed E-state index contributed by atoms with van der Waals surface area (Å²) in [4.78, 5) is 0.232. The van der Waals surface area contributed by atoms with Crippen LogP contribution >= 0.6 is 22.6 Å². The molecule has 114 valence electrons. The molecule has 0 atom stereocenters. The maximum absolute atomic E-state index is 12.4. The van der Waals surface area contributed by atoms with E-state index in [9.17, 15) is 8.42 Å². The average molecular weight is 419 g/mol. The number of aromatic nitrogens is 1. The topological polar surface area (TPSA) is 77.1 Å². The minimum Gasteiger partial charge on any atom is -0.346 e. The largest absolute Gasteiger partial charge is 0.346 e. The van der Waals surface area contributed by atoms with Crippen molar-refractivity contribution in [3.05, 3.63) is 45.8 Å². The Balaban J connectivity index is 2.36. The van der Waals surface area contributed by atoms with E-state index in [1.54, 1.807) is 24.4 Å². The third kappa shape index (κ3) is 3.78.